The van der Waals surface area contributed by atoms with Gasteiger partial charge in [0, 0.05) is 22.7 Å². The zero-order chi connectivity index (χ0) is 20.1. The number of aromatic nitrogens is 1. The SMILES string of the molecule is Cc1ccc(-c2nc(C(=O)OCC(=O)N(c3ccccc3)C(C)C)cs2)cc1. The number of amides is 1. The van der Waals surface area contributed by atoms with E-state index in [1.165, 1.54) is 11.3 Å². The molecule has 1 aromatic heterocycles. The van der Waals surface area contributed by atoms with Crippen LogP contribution in [0.1, 0.15) is 29.9 Å². The maximum atomic E-state index is 12.6. The van der Waals surface area contributed by atoms with Crippen LogP contribution in [0.3, 0.4) is 0 Å². The molecule has 3 aromatic rings. The molecule has 2 aromatic carbocycles. The molecule has 0 radical (unpaired) electrons. The van der Waals surface area contributed by atoms with Gasteiger partial charge in [0.25, 0.3) is 5.91 Å². The fraction of sp³-hybridized carbons (Fsp3) is 0.227. The minimum absolute atomic E-state index is 0.0546. The van der Waals surface area contributed by atoms with Crippen LogP contribution in [-0.2, 0) is 9.53 Å². The Morgan fingerprint density at radius 2 is 1.75 bits per heavy atom. The highest BCUT2D eigenvalue weighted by atomic mass is 32.1. The summed E-state index contributed by atoms with van der Waals surface area (Å²) < 4.78 is 5.22. The normalized spacial score (nSPS) is 10.7. The van der Waals surface area contributed by atoms with Crippen molar-refractivity contribution in [3.8, 4) is 10.6 Å². The van der Waals surface area contributed by atoms with Gasteiger partial charge in [-0.05, 0) is 32.9 Å². The first-order valence-corrected chi connectivity index (χ1v) is 9.90. The molecule has 28 heavy (non-hydrogen) atoms. The minimum atomic E-state index is -0.597. The molecule has 5 nitrogen and oxygen atoms in total. The van der Waals surface area contributed by atoms with E-state index in [4.69, 9.17) is 4.74 Å². The second kappa shape index (κ2) is 8.80. The smallest absolute Gasteiger partial charge is 0.358 e. The number of ether oxygens (including phenoxy) is 1. The molecule has 0 spiro atoms. The molecule has 0 saturated heterocycles. The zero-order valence-corrected chi connectivity index (χ0v) is 16.9. The van der Waals surface area contributed by atoms with Gasteiger partial charge in [0.2, 0.25) is 0 Å². The quantitative estimate of drug-likeness (QED) is 0.568. The average molecular weight is 394 g/mol. The molecule has 3 rings (SSSR count). The van der Waals surface area contributed by atoms with Crippen molar-refractivity contribution in [1.82, 2.24) is 4.98 Å². The number of nitrogens with zero attached hydrogens (tertiary/aromatic N) is 2. The molecule has 1 heterocycles. The molecule has 144 valence electrons. The van der Waals surface area contributed by atoms with Gasteiger partial charge in [-0.2, -0.15) is 0 Å². The Kier molecular flexibility index (Phi) is 6.21. The Labute approximate surface area is 168 Å². The third kappa shape index (κ3) is 4.64. The molecule has 0 bridgehead atoms. The first kappa shape index (κ1) is 19.8. The van der Waals surface area contributed by atoms with Crippen LogP contribution in [-0.4, -0.2) is 29.5 Å². The van der Waals surface area contributed by atoms with Gasteiger partial charge in [-0.3, -0.25) is 4.79 Å². The van der Waals surface area contributed by atoms with Crippen LogP contribution >= 0.6 is 11.3 Å². The summed E-state index contributed by atoms with van der Waals surface area (Å²) in [6.45, 7) is 5.52. The molecule has 0 N–H and O–H groups in total. The van der Waals surface area contributed by atoms with Crippen molar-refractivity contribution >= 4 is 28.9 Å². The Hall–Kier alpha value is -2.99. The van der Waals surface area contributed by atoms with Gasteiger partial charge in [-0.1, -0.05) is 48.0 Å². The second-order valence-electron chi connectivity index (χ2n) is 6.67. The van der Waals surface area contributed by atoms with Gasteiger partial charge in [-0.15, -0.1) is 11.3 Å². The number of anilines is 1. The highest BCUT2D eigenvalue weighted by molar-refractivity contribution is 7.13. The van der Waals surface area contributed by atoms with Crippen LogP contribution in [0.25, 0.3) is 10.6 Å². The monoisotopic (exact) mass is 394 g/mol. The third-order valence-corrected chi connectivity index (χ3v) is 5.05. The van der Waals surface area contributed by atoms with Gasteiger partial charge < -0.3 is 9.64 Å². The third-order valence-electron chi connectivity index (χ3n) is 4.16. The Morgan fingerprint density at radius 3 is 2.39 bits per heavy atom. The lowest BCUT2D eigenvalue weighted by atomic mass is 10.2. The van der Waals surface area contributed by atoms with Crippen molar-refractivity contribution in [2.45, 2.75) is 26.8 Å². The summed E-state index contributed by atoms with van der Waals surface area (Å²) in [5, 5.41) is 2.39. The van der Waals surface area contributed by atoms with E-state index >= 15 is 0 Å². The van der Waals surface area contributed by atoms with Crippen LogP contribution < -0.4 is 4.90 Å². The van der Waals surface area contributed by atoms with Crippen LogP contribution in [0.4, 0.5) is 5.69 Å². The number of thiazole rings is 1. The van der Waals surface area contributed by atoms with Crippen molar-refractivity contribution in [3.63, 3.8) is 0 Å². The maximum Gasteiger partial charge on any atom is 0.358 e. The molecule has 0 unspecified atom stereocenters. The summed E-state index contributed by atoms with van der Waals surface area (Å²) in [5.41, 5.74) is 3.09. The standard InChI is InChI=1S/C22H22N2O3S/c1-15(2)24(18-7-5-4-6-8-18)20(25)13-27-22(26)19-14-28-21(23-19)17-11-9-16(3)10-12-17/h4-12,14-15H,13H2,1-3H3. The van der Waals surface area contributed by atoms with Crippen molar-refractivity contribution in [1.29, 1.82) is 0 Å². The summed E-state index contributed by atoms with van der Waals surface area (Å²) in [7, 11) is 0. The van der Waals surface area contributed by atoms with Gasteiger partial charge in [-0.25, -0.2) is 9.78 Å². The van der Waals surface area contributed by atoms with Crippen LogP contribution in [0.15, 0.2) is 60.0 Å². The average Bonchev–Trinajstić information content (AvgIpc) is 3.17. The lowest BCUT2D eigenvalue weighted by Gasteiger charge is -2.26. The summed E-state index contributed by atoms with van der Waals surface area (Å²) >= 11 is 1.37. The number of aryl methyl sites for hydroxylation is 1. The largest absolute Gasteiger partial charge is 0.451 e. The number of carbonyl (C=O) groups excluding carboxylic acids is 2. The van der Waals surface area contributed by atoms with Crippen molar-refractivity contribution in [2.24, 2.45) is 0 Å². The summed E-state index contributed by atoms with van der Waals surface area (Å²) in [4.78, 5) is 30.9. The van der Waals surface area contributed by atoms with E-state index in [1.54, 1.807) is 10.3 Å². The van der Waals surface area contributed by atoms with Gasteiger partial charge in [0.05, 0.1) is 0 Å². The first-order chi connectivity index (χ1) is 13.5. The van der Waals surface area contributed by atoms with Crippen molar-refractivity contribution in [3.05, 3.63) is 71.2 Å². The number of esters is 1. The highest BCUT2D eigenvalue weighted by Gasteiger charge is 2.21. The molecular formula is C22H22N2O3S. The van der Waals surface area contributed by atoms with E-state index in [0.717, 1.165) is 21.8 Å². The van der Waals surface area contributed by atoms with E-state index in [-0.39, 0.29) is 24.2 Å². The Balaban J connectivity index is 1.65. The molecule has 1 amide bonds. The van der Waals surface area contributed by atoms with Crippen LogP contribution in [0.2, 0.25) is 0 Å². The minimum Gasteiger partial charge on any atom is -0.451 e. The van der Waals surface area contributed by atoms with Gasteiger partial charge >= 0.3 is 5.97 Å². The molecule has 0 atom stereocenters. The number of rotatable bonds is 6. The predicted octanol–water partition coefficient (Wildman–Crippen LogP) is 4.72. The summed E-state index contributed by atoms with van der Waals surface area (Å²) in [6.07, 6.45) is 0. The van der Waals surface area contributed by atoms with E-state index < -0.39 is 5.97 Å². The zero-order valence-electron chi connectivity index (χ0n) is 16.1. The lowest BCUT2D eigenvalue weighted by Crippen LogP contribution is -2.39. The van der Waals surface area contributed by atoms with Crippen molar-refractivity contribution in [2.75, 3.05) is 11.5 Å². The predicted molar refractivity (Wildman–Crippen MR) is 112 cm³/mol. The fourth-order valence-electron chi connectivity index (χ4n) is 2.79. The number of hydrogen-bond donors (Lipinski definition) is 0. The van der Waals surface area contributed by atoms with E-state index in [1.807, 2.05) is 75.4 Å². The molecule has 0 aliphatic rings. The number of carbonyl (C=O) groups is 2. The topological polar surface area (TPSA) is 59.5 Å². The fourth-order valence-corrected chi connectivity index (χ4v) is 3.58. The molecule has 0 saturated carbocycles. The number of hydrogen-bond acceptors (Lipinski definition) is 5. The Bertz CT molecular complexity index is 949. The summed E-state index contributed by atoms with van der Waals surface area (Å²) in [6, 6.07) is 17.2. The maximum absolute atomic E-state index is 12.6. The molecule has 0 aliphatic carbocycles. The van der Waals surface area contributed by atoms with E-state index in [9.17, 15) is 9.59 Å². The molecule has 0 fully saturated rings. The highest BCUT2D eigenvalue weighted by Crippen LogP contribution is 2.24. The summed E-state index contributed by atoms with van der Waals surface area (Å²) in [5.74, 6) is -0.872. The Morgan fingerprint density at radius 1 is 1.07 bits per heavy atom. The number of para-hydroxylation sites is 1. The van der Waals surface area contributed by atoms with Gasteiger partial charge in [0.1, 0.15) is 5.01 Å². The molecule has 0 aliphatic heterocycles. The lowest BCUT2D eigenvalue weighted by molar-refractivity contribution is -0.122. The number of benzene rings is 2. The van der Waals surface area contributed by atoms with Crippen LogP contribution in [0.5, 0.6) is 0 Å². The van der Waals surface area contributed by atoms with E-state index in [2.05, 4.69) is 4.98 Å². The first-order valence-electron chi connectivity index (χ1n) is 9.02. The molecule has 6 heteroatoms. The second-order valence-corrected chi connectivity index (χ2v) is 7.53. The van der Waals surface area contributed by atoms with Gasteiger partial charge in [0.15, 0.2) is 12.3 Å². The van der Waals surface area contributed by atoms with Crippen molar-refractivity contribution < 1.29 is 14.3 Å². The van der Waals surface area contributed by atoms with E-state index in [0.29, 0.717) is 0 Å². The van der Waals surface area contributed by atoms with Crippen LogP contribution in [0, 0.1) is 6.92 Å². The molecular weight excluding hydrogens is 372 g/mol.